The summed E-state index contributed by atoms with van der Waals surface area (Å²) in [5, 5.41) is 16.8. The Morgan fingerprint density at radius 1 is 1.07 bits per heavy atom. The van der Waals surface area contributed by atoms with Crippen molar-refractivity contribution >= 4 is 56.6 Å². The highest BCUT2D eigenvalue weighted by molar-refractivity contribution is 7.84. The summed E-state index contributed by atoms with van der Waals surface area (Å²) in [7, 11) is 3.40. The van der Waals surface area contributed by atoms with Crippen LogP contribution in [0.25, 0.3) is 21.9 Å². The van der Waals surface area contributed by atoms with Gasteiger partial charge in [-0.25, -0.2) is 27.1 Å². The number of aryl methyl sites for hydroxylation is 1. The monoisotopic (exact) mass is 824 g/mol. The van der Waals surface area contributed by atoms with Gasteiger partial charge in [-0.1, -0.05) is 26.2 Å². The number of urea groups is 1. The summed E-state index contributed by atoms with van der Waals surface area (Å²) in [6.45, 7) is 5.08. The molecule has 9 rings (SSSR count). The number of hydrogen-bond acceptors (Lipinski definition) is 9. The molecule has 59 heavy (non-hydrogen) atoms. The second-order valence-electron chi connectivity index (χ2n) is 15.9. The molecule has 4 heterocycles. The predicted octanol–water partition coefficient (Wildman–Crippen LogP) is 7.05. The van der Waals surface area contributed by atoms with Gasteiger partial charge in [-0.2, -0.15) is 10.4 Å². The van der Waals surface area contributed by atoms with Crippen LogP contribution in [0.5, 0.6) is 11.5 Å². The number of ether oxygens (including phenoxy) is 1. The van der Waals surface area contributed by atoms with Crippen molar-refractivity contribution in [2.75, 3.05) is 42.8 Å². The Kier molecular flexibility index (Phi) is 11.3. The number of nitrogens with one attached hydrogen (secondary N) is 2. The molecule has 4 aliphatic rings. The third-order valence-electron chi connectivity index (χ3n) is 11.9. The zero-order valence-corrected chi connectivity index (χ0v) is 34.0. The molecule has 308 valence electrons. The quantitative estimate of drug-likeness (QED) is 0.159. The number of halogens is 2. The summed E-state index contributed by atoms with van der Waals surface area (Å²) >= 11 is -1.58. The van der Waals surface area contributed by atoms with Crippen molar-refractivity contribution in [3.05, 3.63) is 77.6 Å². The van der Waals surface area contributed by atoms with Gasteiger partial charge in [0.1, 0.15) is 23.2 Å². The number of carbonyl (C=O) groups excluding carboxylic acids is 2. The van der Waals surface area contributed by atoms with Crippen molar-refractivity contribution in [1.29, 1.82) is 5.26 Å². The van der Waals surface area contributed by atoms with Crippen molar-refractivity contribution in [2.24, 2.45) is 12.5 Å². The van der Waals surface area contributed by atoms with Gasteiger partial charge in [0.2, 0.25) is 5.91 Å². The first kappa shape index (κ1) is 40.2. The molecule has 14 nitrogen and oxygen atoms in total. The summed E-state index contributed by atoms with van der Waals surface area (Å²) in [6, 6.07) is 14.3. The Balaban J connectivity index is 0.000000212. The number of amides is 3. The first-order valence-corrected chi connectivity index (χ1v) is 21.1. The third kappa shape index (κ3) is 8.21. The van der Waals surface area contributed by atoms with Crippen molar-refractivity contribution in [3.8, 4) is 17.6 Å². The van der Waals surface area contributed by atoms with Crippen LogP contribution < -0.4 is 19.7 Å². The molecule has 1 spiro atoms. The number of rotatable bonds is 9. The van der Waals surface area contributed by atoms with Gasteiger partial charge < -0.3 is 4.74 Å². The Hall–Kier alpha value is -5.57. The first-order chi connectivity index (χ1) is 28.4. The van der Waals surface area contributed by atoms with Crippen molar-refractivity contribution in [1.82, 2.24) is 34.3 Å². The number of fused-ring (bicyclic) bond motifs is 2. The zero-order chi connectivity index (χ0) is 41.4. The minimum atomic E-state index is -1.58. The molecular weight excluding hydrogens is 779 g/mol. The number of nitriles is 1. The van der Waals surface area contributed by atoms with Gasteiger partial charge in [-0.05, 0) is 73.6 Å². The van der Waals surface area contributed by atoms with Crippen molar-refractivity contribution in [2.45, 2.75) is 70.3 Å². The van der Waals surface area contributed by atoms with Gasteiger partial charge in [-0.3, -0.25) is 34.3 Å². The molecule has 2 saturated heterocycles. The van der Waals surface area contributed by atoms with Crippen LogP contribution >= 0.6 is 0 Å². The number of nitrogens with zero attached hydrogens (tertiary/aromatic N) is 8. The van der Waals surface area contributed by atoms with Crippen LogP contribution in [-0.4, -0.2) is 84.4 Å². The van der Waals surface area contributed by atoms with E-state index in [1.54, 1.807) is 47.3 Å². The number of hydrogen-bond donors (Lipinski definition) is 2. The fourth-order valence-electron chi connectivity index (χ4n) is 8.68. The van der Waals surface area contributed by atoms with E-state index in [4.69, 9.17) is 9.72 Å². The van der Waals surface area contributed by atoms with Gasteiger partial charge in [0.05, 0.1) is 27.9 Å². The van der Waals surface area contributed by atoms with Gasteiger partial charge in [0.15, 0.2) is 28.6 Å². The number of likely N-dealkylation sites (tertiary alicyclic amines) is 1. The van der Waals surface area contributed by atoms with E-state index in [0.717, 1.165) is 35.6 Å². The molecule has 2 saturated carbocycles. The Bertz CT molecular complexity index is 2490. The molecule has 2 aliphatic heterocycles. The maximum atomic E-state index is 14.8. The third-order valence-corrected chi connectivity index (χ3v) is 13.2. The smallest absolute Gasteiger partial charge is 0.329 e. The van der Waals surface area contributed by atoms with E-state index in [1.807, 2.05) is 19.2 Å². The average molecular weight is 825 g/mol. The summed E-state index contributed by atoms with van der Waals surface area (Å²) in [6.07, 6.45) is 11.2. The number of anilines is 2. The van der Waals surface area contributed by atoms with E-state index >= 15 is 0 Å². The fraction of sp³-hybridized carbons (Fsp3) is 0.429. The molecule has 0 radical (unpaired) electrons. The zero-order valence-electron chi connectivity index (χ0n) is 33.2. The molecule has 3 amide bonds. The molecular formula is C42H46F2N10O4S. The maximum Gasteiger partial charge on any atom is 0.329 e. The fourth-order valence-corrected chi connectivity index (χ4v) is 9.43. The molecule has 0 bridgehead atoms. The van der Waals surface area contributed by atoms with E-state index in [-0.39, 0.29) is 35.9 Å². The van der Waals surface area contributed by atoms with Crippen molar-refractivity contribution < 1.29 is 27.3 Å². The highest BCUT2D eigenvalue weighted by atomic mass is 32.2. The Labute approximate surface area is 343 Å². The second kappa shape index (κ2) is 16.6. The van der Waals surface area contributed by atoms with E-state index in [1.165, 1.54) is 74.4 Å². The lowest BCUT2D eigenvalue weighted by Gasteiger charge is -2.61. The van der Waals surface area contributed by atoms with Gasteiger partial charge in [-0.15, -0.1) is 0 Å². The van der Waals surface area contributed by atoms with E-state index in [9.17, 15) is 27.8 Å². The molecule has 3 aromatic carbocycles. The van der Waals surface area contributed by atoms with Gasteiger partial charge >= 0.3 is 6.03 Å². The Morgan fingerprint density at radius 3 is 2.58 bits per heavy atom. The van der Waals surface area contributed by atoms with Crippen LogP contribution in [0, 0.1) is 28.4 Å². The maximum absolute atomic E-state index is 14.8. The number of benzene rings is 3. The van der Waals surface area contributed by atoms with Crippen LogP contribution in [-0.2, 0) is 23.0 Å². The van der Waals surface area contributed by atoms with E-state index in [0.29, 0.717) is 40.3 Å². The van der Waals surface area contributed by atoms with Crippen molar-refractivity contribution in [3.63, 3.8) is 0 Å². The van der Waals surface area contributed by atoms with Crippen LogP contribution in [0.4, 0.5) is 25.1 Å². The standard InChI is InChI=1S/C30H35FN6O2S.C12H11FN4O2/c1-3-36(2)40(38)35-25-12-10-24(31)29(23(25)16-32)39-22-9-11-26-27(13-22)34-28(17-33-26)20-14-30(15-20)18-37(19-30)21-7-5-4-6-8-21;1-16-9-3-2-7(13)6-8(9)11(15-16)17-5-4-10(18)14-12(17)19/h9-13,17,20-21,35H,3-8,14-15,18-19H2,1-2H3;2-3,6H,4-5H2,1H3,(H,14,18,19). The molecule has 2 aliphatic carbocycles. The minimum absolute atomic E-state index is 0.0553. The molecule has 2 N–H and O–H groups in total. The highest BCUT2D eigenvalue weighted by Crippen LogP contribution is 2.56. The summed E-state index contributed by atoms with van der Waals surface area (Å²) in [5.41, 5.74) is 3.74. The molecule has 5 aromatic rings. The normalized spacial score (nSPS) is 18.8. The SMILES string of the molecule is CCN(C)S(=O)Nc1ccc(F)c(Oc2ccc3ncc(C4CC5(C4)CN(C4CCCCC4)C5)nc3c2)c1C#N.Cn1nc(N2CCC(=O)NC2=O)c2cc(F)ccc21. The van der Waals surface area contributed by atoms with Crippen LogP contribution in [0.2, 0.25) is 0 Å². The summed E-state index contributed by atoms with van der Waals surface area (Å²) in [4.78, 5) is 36.5. The van der Waals surface area contributed by atoms with E-state index in [2.05, 4.69) is 25.0 Å². The molecule has 4 fully saturated rings. The lowest BCUT2D eigenvalue weighted by atomic mass is 9.56. The molecule has 1 atom stereocenters. The van der Waals surface area contributed by atoms with Gasteiger partial charge in [0, 0.05) is 76.3 Å². The predicted molar refractivity (Wildman–Crippen MR) is 220 cm³/mol. The molecule has 17 heteroatoms. The summed E-state index contributed by atoms with van der Waals surface area (Å²) in [5.74, 6) is -0.488. The number of carbonyl (C=O) groups is 2. The first-order valence-electron chi connectivity index (χ1n) is 20.0. The lowest BCUT2D eigenvalue weighted by molar-refractivity contribution is -0.120. The number of aromatic nitrogens is 4. The lowest BCUT2D eigenvalue weighted by Crippen LogP contribution is -2.64. The number of imide groups is 1. The van der Waals surface area contributed by atoms with Crippen LogP contribution in [0.3, 0.4) is 0 Å². The molecule has 1 unspecified atom stereocenters. The largest absolute Gasteiger partial charge is 0.453 e. The second-order valence-corrected chi connectivity index (χ2v) is 17.2. The highest BCUT2D eigenvalue weighted by Gasteiger charge is 2.54. The topological polar surface area (TPSA) is 162 Å². The van der Waals surface area contributed by atoms with Crippen LogP contribution in [0.15, 0.2) is 54.7 Å². The average Bonchev–Trinajstić information content (AvgIpc) is 3.52. The van der Waals surface area contributed by atoms with Gasteiger partial charge in [0.25, 0.3) is 0 Å². The molecule has 2 aromatic heterocycles. The van der Waals surface area contributed by atoms with E-state index < -0.39 is 28.8 Å². The minimum Gasteiger partial charge on any atom is -0.453 e. The van der Waals surface area contributed by atoms with Crippen LogP contribution in [0.1, 0.15) is 75.5 Å². The summed E-state index contributed by atoms with van der Waals surface area (Å²) < 4.78 is 52.4. The Morgan fingerprint density at radius 2 is 1.85 bits per heavy atom.